The number of benzene rings is 2. The van der Waals surface area contributed by atoms with Crippen LogP contribution >= 0.6 is 0 Å². The molecule has 0 bridgehead atoms. The molecule has 0 fully saturated rings. The van der Waals surface area contributed by atoms with E-state index in [1.165, 1.54) is 38.5 Å². The minimum Gasteiger partial charge on any atom is -0.496 e. The molecule has 1 aliphatic rings. The van der Waals surface area contributed by atoms with Crippen LogP contribution in [0.3, 0.4) is 0 Å². The Morgan fingerprint density at radius 2 is 1.67 bits per heavy atom. The number of aromatic nitrogens is 2. The summed E-state index contributed by atoms with van der Waals surface area (Å²) in [6.07, 6.45) is 2.08. The number of hydrogen-bond acceptors (Lipinski definition) is 2. The minimum atomic E-state index is -0.0257. The number of methoxy groups -OCH3 is 1. The largest absolute Gasteiger partial charge is 0.496 e. The van der Waals surface area contributed by atoms with Crippen LogP contribution in [0.15, 0.2) is 30.5 Å². The molecule has 0 N–H and O–H groups in total. The van der Waals surface area contributed by atoms with E-state index in [1.807, 2.05) is 0 Å². The maximum absolute atomic E-state index is 5.63. The van der Waals surface area contributed by atoms with Crippen LogP contribution in [0.2, 0.25) is 0 Å². The molecule has 0 unspecified atom stereocenters. The number of hydrogen-bond donors (Lipinski definition) is 0. The molecule has 0 amide bonds. The lowest BCUT2D eigenvalue weighted by atomic mass is 9.60. The van der Waals surface area contributed by atoms with Gasteiger partial charge in [-0.25, -0.2) is 4.98 Å². The third-order valence-corrected chi connectivity index (χ3v) is 7.38. The first-order valence-electron chi connectivity index (χ1n) is 9.63. The number of aryl methyl sites for hydroxylation is 2. The topological polar surface area (TPSA) is 26.5 Å². The minimum absolute atomic E-state index is 0.0110. The summed E-state index contributed by atoms with van der Waals surface area (Å²) in [7, 11) is 1.74. The van der Waals surface area contributed by atoms with Crippen LogP contribution in [0.25, 0.3) is 27.3 Å². The molecule has 0 aliphatic carbocycles. The van der Waals surface area contributed by atoms with Crippen LogP contribution in [-0.2, 0) is 10.8 Å². The predicted molar refractivity (Wildman–Crippen MR) is 112 cm³/mol. The number of nitrogens with zero attached hydrogens (tertiary/aromatic N) is 2. The summed E-state index contributed by atoms with van der Waals surface area (Å²) in [5.41, 5.74) is 7.49. The van der Waals surface area contributed by atoms with Crippen LogP contribution < -0.4 is 4.74 Å². The highest BCUT2D eigenvalue weighted by Crippen LogP contribution is 2.52. The molecule has 3 nitrogen and oxygen atoms in total. The average molecular weight is 358 g/mol. The average Bonchev–Trinajstić information content (AvgIpc) is 3.06. The van der Waals surface area contributed by atoms with E-state index in [2.05, 4.69) is 76.4 Å². The van der Waals surface area contributed by atoms with E-state index in [1.54, 1.807) is 7.11 Å². The fourth-order valence-corrected chi connectivity index (χ4v) is 5.03. The first-order valence-corrected chi connectivity index (χ1v) is 9.63. The van der Waals surface area contributed by atoms with Gasteiger partial charge < -0.3 is 4.74 Å². The Morgan fingerprint density at radius 1 is 0.926 bits per heavy atom. The maximum Gasteiger partial charge on any atom is 0.145 e. The zero-order valence-corrected chi connectivity index (χ0v) is 17.2. The van der Waals surface area contributed by atoms with Crippen molar-refractivity contribution in [2.75, 3.05) is 7.11 Å². The SMILES string of the molecule is COc1ccc2c(c1C)c1ncc3n1c1c(ccc(C)c21)C(C)(C)C3(C)C. The van der Waals surface area contributed by atoms with Crippen molar-refractivity contribution in [3.05, 3.63) is 52.8 Å². The van der Waals surface area contributed by atoms with Gasteiger partial charge in [0.1, 0.15) is 11.4 Å². The summed E-state index contributed by atoms with van der Waals surface area (Å²) in [4.78, 5) is 4.94. The molecule has 2 aromatic carbocycles. The lowest BCUT2D eigenvalue weighted by Gasteiger charge is -2.46. The summed E-state index contributed by atoms with van der Waals surface area (Å²) in [6, 6.07) is 8.89. The highest BCUT2D eigenvalue weighted by atomic mass is 16.5. The van der Waals surface area contributed by atoms with Gasteiger partial charge in [0.25, 0.3) is 0 Å². The molecule has 1 aliphatic heterocycles. The van der Waals surface area contributed by atoms with Crippen molar-refractivity contribution in [3.8, 4) is 5.75 Å². The Labute approximate surface area is 160 Å². The van der Waals surface area contributed by atoms with Gasteiger partial charge in [0, 0.05) is 39.1 Å². The Kier molecular flexibility index (Phi) is 2.97. The molecule has 27 heavy (non-hydrogen) atoms. The third kappa shape index (κ3) is 1.71. The van der Waals surface area contributed by atoms with Crippen molar-refractivity contribution in [1.82, 2.24) is 9.38 Å². The number of pyridine rings is 1. The molecule has 0 atom stereocenters. The van der Waals surface area contributed by atoms with Crippen molar-refractivity contribution >= 4 is 27.3 Å². The van der Waals surface area contributed by atoms with Crippen molar-refractivity contribution in [2.24, 2.45) is 0 Å². The van der Waals surface area contributed by atoms with Gasteiger partial charge in [-0.1, -0.05) is 39.8 Å². The fourth-order valence-electron chi connectivity index (χ4n) is 5.03. The molecule has 138 valence electrons. The molecular formula is C24H26N2O. The molecule has 3 heterocycles. The standard InChI is InChI=1S/C24H26N2O/c1-13-8-10-16-21-19(13)15-9-11-17(27-7)14(2)20(15)22-25-12-18(26(21)22)24(5,6)23(16,3)4/h8-12H,1-7H3. The van der Waals surface area contributed by atoms with Crippen molar-refractivity contribution in [2.45, 2.75) is 52.4 Å². The monoisotopic (exact) mass is 358 g/mol. The highest BCUT2D eigenvalue weighted by molar-refractivity contribution is 6.16. The van der Waals surface area contributed by atoms with Crippen molar-refractivity contribution in [3.63, 3.8) is 0 Å². The molecule has 0 saturated heterocycles. The number of rotatable bonds is 1. The smallest absolute Gasteiger partial charge is 0.145 e. The van der Waals surface area contributed by atoms with E-state index >= 15 is 0 Å². The molecule has 0 spiro atoms. The van der Waals surface area contributed by atoms with Gasteiger partial charge in [-0.05, 0) is 42.5 Å². The maximum atomic E-state index is 5.63. The summed E-state index contributed by atoms with van der Waals surface area (Å²) in [6.45, 7) is 13.8. The third-order valence-electron chi connectivity index (χ3n) is 7.38. The lowest BCUT2D eigenvalue weighted by molar-refractivity contribution is 0.288. The summed E-state index contributed by atoms with van der Waals surface area (Å²) < 4.78 is 8.04. The zero-order chi connectivity index (χ0) is 19.3. The molecule has 3 heteroatoms. The zero-order valence-electron chi connectivity index (χ0n) is 17.2. The quantitative estimate of drug-likeness (QED) is 0.400. The lowest BCUT2D eigenvalue weighted by Crippen LogP contribution is -2.44. The molecule has 5 rings (SSSR count). The highest BCUT2D eigenvalue weighted by Gasteiger charge is 2.46. The van der Waals surface area contributed by atoms with Gasteiger partial charge in [0.2, 0.25) is 0 Å². The van der Waals surface area contributed by atoms with E-state index in [0.29, 0.717) is 0 Å². The van der Waals surface area contributed by atoms with E-state index < -0.39 is 0 Å². The summed E-state index contributed by atoms with van der Waals surface area (Å²) in [5, 5.41) is 3.80. The van der Waals surface area contributed by atoms with Gasteiger partial charge in [-0.15, -0.1) is 0 Å². The van der Waals surface area contributed by atoms with Gasteiger partial charge in [0.05, 0.1) is 12.6 Å². The van der Waals surface area contributed by atoms with Crippen LogP contribution in [0.1, 0.15) is 50.1 Å². The normalized spacial score (nSPS) is 17.3. The summed E-state index contributed by atoms with van der Waals surface area (Å²) in [5.74, 6) is 0.916. The van der Waals surface area contributed by atoms with E-state index in [-0.39, 0.29) is 10.8 Å². The van der Waals surface area contributed by atoms with Crippen LogP contribution in [0, 0.1) is 13.8 Å². The predicted octanol–water partition coefficient (Wildman–Crippen LogP) is 5.83. The van der Waals surface area contributed by atoms with Gasteiger partial charge >= 0.3 is 0 Å². The van der Waals surface area contributed by atoms with E-state index in [0.717, 1.165) is 17.0 Å². The second kappa shape index (κ2) is 4.83. The van der Waals surface area contributed by atoms with Gasteiger partial charge in [-0.2, -0.15) is 0 Å². The first-order chi connectivity index (χ1) is 12.7. The second-order valence-electron chi connectivity index (χ2n) is 9.02. The number of imidazole rings is 1. The molecule has 4 aromatic rings. The molecule has 0 saturated carbocycles. The fraction of sp³-hybridized carbons (Fsp3) is 0.375. The first kappa shape index (κ1) is 16.6. The molecule has 2 aromatic heterocycles. The Hall–Kier alpha value is -2.55. The van der Waals surface area contributed by atoms with E-state index in [9.17, 15) is 0 Å². The Balaban J connectivity index is 2.20. The van der Waals surface area contributed by atoms with Crippen LogP contribution in [0.4, 0.5) is 0 Å². The van der Waals surface area contributed by atoms with Gasteiger partial charge in [0.15, 0.2) is 0 Å². The number of fused-ring (bicyclic) bond motifs is 3. The van der Waals surface area contributed by atoms with E-state index in [4.69, 9.17) is 9.72 Å². The van der Waals surface area contributed by atoms with Crippen LogP contribution in [0.5, 0.6) is 5.75 Å². The summed E-state index contributed by atoms with van der Waals surface area (Å²) >= 11 is 0. The number of ether oxygens (including phenoxy) is 1. The molecule has 0 radical (unpaired) electrons. The van der Waals surface area contributed by atoms with Crippen molar-refractivity contribution in [1.29, 1.82) is 0 Å². The molecular weight excluding hydrogens is 332 g/mol. The van der Waals surface area contributed by atoms with Gasteiger partial charge in [-0.3, -0.25) is 4.40 Å². The Bertz CT molecular complexity index is 1270. The van der Waals surface area contributed by atoms with Crippen LogP contribution in [-0.4, -0.2) is 16.5 Å². The Morgan fingerprint density at radius 3 is 2.37 bits per heavy atom. The second-order valence-corrected chi connectivity index (χ2v) is 9.02. The van der Waals surface area contributed by atoms with Crippen molar-refractivity contribution < 1.29 is 4.74 Å².